The number of methoxy groups -OCH3 is 1. The summed E-state index contributed by atoms with van der Waals surface area (Å²) in [5.74, 6) is -1.13. The van der Waals surface area contributed by atoms with Crippen molar-refractivity contribution in [2.24, 2.45) is 0 Å². The number of carbonyl (C=O) groups excluding carboxylic acids is 2. The van der Waals surface area contributed by atoms with E-state index in [4.69, 9.17) is 9.47 Å². The highest BCUT2D eigenvalue weighted by molar-refractivity contribution is 7.98. The fraction of sp³-hybridized carbons (Fsp3) is 0.391. The number of rotatable bonds is 8. The van der Waals surface area contributed by atoms with E-state index in [9.17, 15) is 18.0 Å². The molecule has 178 valence electrons. The van der Waals surface area contributed by atoms with Gasteiger partial charge in [-0.15, -0.1) is 11.8 Å². The van der Waals surface area contributed by atoms with Gasteiger partial charge in [-0.25, -0.2) is 13.2 Å². The SMILES string of the molecule is COc1ccc(C(=O)OCC(=O)Nc2ccc(SC)cc2)cc1S(=O)(=O)N1CCCCCC1. The van der Waals surface area contributed by atoms with Crippen LogP contribution in [0.4, 0.5) is 5.69 Å². The Hall–Kier alpha value is -2.56. The first-order valence-electron chi connectivity index (χ1n) is 10.6. The van der Waals surface area contributed by atoms with Crippen LogP contribution < -0.4 is 10.1 Å². The number of thioether (sulfide) groups is 1. The van der Waals surface area contributed by atoms with Crippen molar-refractivity contribution in [1.29, 1.82) is 0 Å². The highest BCUT2D eigenvalue weighted by Crippen LogP contribution is 2.29. The molecule has 8 nitrogen and oxygen atoms in total. The van der Waals surface area contributed by atoms with E-state index in [0.717, 1.165) is 30.6 Å². The maximum absolute atomic E-state index is 13.2. The van der Waals surface area contributed by atoms with Gasteiger partial charge in [0.1, 0.15) is 10.6 Å². The number of carbonyl (C=O) groups is 2. The van der Waals surface area contributed by atoms with Gasteiger partial charge in [0.2, 0.25) is 10.0 Å². The van der Waals surface area contributed by atoms with Crippen molar-refractivity contribution >= 4 is 39.3 Å². The van der Waals surface area contributed by atoms with Crippen molar-refractivity contribution < 1.29 is 27.5 Å². The molecule has 10 heteroatoms. The van der Waals surface area contributed by atoms with Crippen LogP contribution in [-0.2, 0) is 19.6 Å². The molecular formula is C23H28N2O6S2. The van der Waals surface area contributed by atoms with Crippen molar-refractivity contribution in [3.63, 3.8) is 0 Å². The Balaban J connectivity index is 1.69. The van der Waals surface area contributed by atoms with Gasteiger partial charge in [0.05, 0.1) is 12.7 Å². The lowest BCUT2D eigenvalue weighted by Gasteiger charge is -2.21. The number of hydrogen-bond acceptors (Lipinski definition) is 7. The number of nitrogens with one attached hydrogen (secondary N) is 1. The summed E-state index contributed by atoms with van der Waals surface area (Å²) < 4.78 is 38.3. The number of benzene rings is 2. The highest BCUT2D eigenvalue weighted by atomic mass is 32.2. The number of sulfonamides is 1. The fourth-order valence-corrected chi connectivity index (χ4v) is 5.62. The second-order valence-corrected chi connectivity index (χ2v) is 10.3. The number of nitrogens with zero attached hydrogens (tertiary/aromatic N) is 1. The second-order valence-electron chi connectivity index (χ2n) is 7.54. The first-order valence-corrected chi connectivity index (χ1v) is 13.3. The normalized spacial score (nSPS) is 14.8. The number of ether oxygens (including phenoxy) is 2. The minimum atomic E-state index is -3.84. The van der Waals surface area contributed by atoms with Gasteiger partial charge in [-0.1, -0.05) is 12.8 Å². The van der Waals surface area contributed by atoms with Crippen LogP contribution in [0, 0.1) is 0 Å². The van der Waals surface area contributed by atoms with Crippen LogP contribution in [0.25, 0.3) is 0 Å². The zero-order chi connectivity index (χ0) is 23.8. The number of esters is 1. The first kappa shape index (κ1) is 25.1. The van der Waals surface area contributed by atoms with Gasteiger partial charge < -0.3 is 14.8 Å². The summed E-state index contributed by atoms with van der Waals surface area (Å²) in [5, 5.41) is 2.65. The van der Waals surface area contributed by atoms with E-state index in [2.05, 4.69) is 5.32 Å². The Morgan fingerprint density at radius 1 is 1.03 bits per heavy atom. The van der Waals surface area contributed by atoms with Crippen LogP contribution >= 0.6 is 11.8 Å². The summed E-state index contributed by atoms with van der Waals surface area (Å²) in [4.78, 5) is 25.7. The number of hydrogen-bond donors (Lipinski definition) is 1. The van der Waals surface area contributed by atoms with Crippen LogP contribution in [0.2, 0.25) is 0 Å². The lowest BCUT2D eigenvalue weighted by molar-refractivity contribution is -0.119. The molecule has 0 bridgehead atoms. The lowest BCUT2D eigenvalue weighted by Crippen LogP contribution is -2.32. The van der Waals surface area contributed by atoms with Crippen molar-refractivity contribution in [1.82, 2.24) is 4.31 Å². The zero-order valence-electron chi connectivity index (χ0n) is 18.7. The monoisotopic (exact) mass is 492 g/mol. The number of amides is 1. The molecule has 1 heterocycles. The molecule has 1 aliphatic rings. The minimum absolute atomic E-state index is 0.0290. The summed E-state index contributed by atoms with van der Waals surface area (Å²) in [6.45, 7) is 0.361. The van der Waals surface area contributed by atoms with Crippen LogP contribution in [0.5, 0.6) is 5.75 Å². The maximum atomic E-state index is 13.2. The molecule has 0 saturated carbocycles. The fourth-order valence-electron chi connectivity index (χ4n) is 3.51. The quantitative estimate of drug-likeness (QED) is 0.442. The van der Waals surface area contributed by atoms with Crippen molar-refractivity contribution in [3.8, 4) is 5.75 Å². The van der Waals surface area contributed by atoms with Crippen LogP contribution in [0.1, 0.15) is 36.0 Å². The molecular weight excluding hydrogens is 464 g/mol. The van der Waals surface area contributed by atoms with E-state index in [-0.39, 0.29) is 16.2 Å². The van der Waals surface area contributed by atoms with Gasteiger partial charge in [-0.3, -0.25) is 4.79 Å². The Kier molecular flexibility index (Phi) is 8.76. The Bertz CT molecular complexity index is 1080. The number of anilines is 1. The molecule has 0 aliphatic carbocycles. The van der Waals surface area contributed by atoms with Gasteiger partial charge >= 0.3 is 5.97 Å². The summed E-state index contributed by atoms with van der Waals surface area (Å²) >= 11 is 1.59. The molecule has 2 aromatic carbocycles. The Morgan fingerprint density at radius 2 is 1.70 bits per heavy atom. The molecule has 1 saturated heterocycles. The molecule has 1 N–H and O–H groups in total. The third-order valence-electron chi connectivity index (χ3n) is 5.29. The van der Waals surface area contributed by atoms with Crippen molar-refractivity contribution in [2.45, 2.75) is 35.5 Å². The van der Waals surface area contributed by atoms with Gasteiger partial charge in [0.15, 0.2) is 6.61 Å². The Morgan fingerprint density at radius 3 is 2.30 bits per heavy atom. The standard InChI is InChI=1S/C23H28N2O6S2/c1-30-20-12-7-17(15-21(20)33(28,29)25-13-5-3-4-6-14-25)23(27)31-16-22(26)24-18-8-10-19(32-2)11-9-18/h7-12,15H,3-6,13-14,16H2,1-2H3,(H,24,26). The summed E-state index contributed by atoms with van der Waals surface area (Å²) in [5.41, 5.74) is 0.616. The average molecular weight is 493 g/mol. The third kappa shape index (κ3) is 6.49. The second kappa shape index (κ2) is 11.5. The molecule has 1 amide bonds. The van der Waals surface area contributed by atoms with E-state index in [1.165, 1.54) is 29.6 Å². The van der Waals surface area contributed by atoms with E-state index >= 15 is 0 Å². The van der Waals surface area contributed by atoms with Crippen LogP contribution in [0.3, 0.4) is 0 Å². The van der Waals surface area contributed by atoms with Crippen LogP contribution in [0.15, 0.2) is 52.3 Å². The summed E-state index contributed by atoms with van der Waals surface area (Å²) in [7, 11) is -2.46. The van der Waals surface area contributed by atoms with Crippen molar-refractivity contribution in [2.75, 3.05) is 38.4 Å². The van der Waals surface area contributed by atoms with Gasteiger partial charge in [0, 0.05) is 23.7 Å². The summed E-state index contributed by atoms with van der Waals surface area (Å²) in [6, 6.07) is 11.4. The predicted octanol–water partition coefficient (Wildman–Crippen LogP) is 3.78. The largest absolute Gasteiger partial charge is 0.495 e. The van der Waals surface area contributed by atoms with Gasteiger partial charge in [0.25, 0.3) is 5.91 Å². The molecule has 1 aliphatic heterocycles. The molecule has 0 atom stereocenters. The van der Waals surface area contributed by atoms with Crippen molar-refractivity contribution in [3.05, 3.63) is 48.0 Å². The van der Waals surface area contributed by atoms with Gasteiger partial charge in [-0.2, -0.15) is 4.31 Å². The topological polar surface area (TPSA) is 102 Å². The predicted molar refractivity (Wildman–Crippen MR) is 127 cm³/mol. The molecule has 33 heavy (non-hydrogen) atoms. The molecule has 2 aromatic rings. The van der Waals surface area contributed by atoms with Gasteiger partial charge in [-0.05, 0) is 61.6 Å². The van der Waals surface area contributed by atoms with E-state index in [0.29, 0.717) is 18.8 Å². The van der Waals surface area contributed by atoms with E-state index < -0.39 is 28.5 Å². The average Bonchev–Trinajstić information content (AvgIpc) is 3.13. The van der Waals surface area contributed by atoms with E-state index in [1.807, 2.05) is 18.4 Å². The Labute approximate surface area is 198 Å². The molecule has 3 rings (SSSR count). The van der Waals surface area contributed by atoms with E-state index in [1.54, 1.807) is 23.9 Å². The molecule has 0 radical (unpaired) electrons. The smallest absolute Gasteiger partial charge is 0.338 e. The molecule has 0 unspecified atom stereocenters. The van der Waals surface area contributed by atoms with Crippen LogP contribution in [-0.4, -0.2) is 57.7 Å². The maximum Gasteiger partial charge on any atom is 0.338 e. The lowest BCUT2D eigenvalue weighted by atomic mass is 10.2. The molecule has 1 fully saturated rings. The highest BCUT2D eigenvalue weighted by Gasteiger charge is 2.29. The molecule has 0 spiro atoms. The first-order chi connectivity index (χ1) is 15.8. The third-order valence-corrected chi connectivity index (χ3v) is 7.95. The molecule has 0 aromatic heterocycles. The minimum Gasteiger partial charge on any atom is -0.495 e. The zero-order valence-corrected chi connectivity index (χ0v) is 20.3. The summed E-state index contributed by atoms with van der Waals surface area (Å²) in [6.07, 6.45) is 5.51.